The van der Waals surface area contributed by atoms with Crippen molar-refractivity contribution in [3.8, 4) is 5.69 Å². The number of hydrogen-bond acceptors (Lipinski definition) is 5. The number of nitrogens with one attached hydrogen (secondary N) is 1. The standard InChI is InChI=1S/C24H24N4O4S/c1-16-5-7-19-18(14-16)25-24(22-4-3-11-28(19)22)9-12-27(13-10-24)33(30,31)17-6-8-20-21(15-17)32-23(29)26(20)2/h3-8,11,14-15,25H,9-10,12-13H2,1-2H3. The van der Waals surface area contributed by atoms with Gasteiger partial charge in [-0.3, -0.25) is 4.57 Å². The maximum atomic E-state index is 13.4. The van der Waals surface area contributed by atoms with Crippen LogP contribution in [-0.4, -0.2) is 34.9 Å². The van der Waals surface area contributed by atoms with Crippen LogP contribution in [0.3, 0.4) is 0 Å². The predicted molar refractivity (Wildman–Crippen MR) is 125 cm³/mol. The molecule has 1 fully saturated rings. The number of oxazole rings is 1. The van der Waals surface area contributed by atoms with Crippen LogP contribution in [0.25, 0.3) is 16.8 Å². The molecule has 4 aromatic rings. The maximum absolute atomic E-state index is 13.4. The normalized spacial score (nSPS) is 17.6. The number of sulfonamides is 1. The van der Waals surface area contributed by atoms with Crippen LogP contribution < -0.4 is 11.1 Å². The van der Waals surface area contributed by atoms with E-state index in [-0.39, 0.29) is 16.0 Å². The zero-order valence-corrected chi connectivity index (χ0v) is 19.2. The number of piperidine rings is 1. The fraction of sp³-hybridized carbons (Fsp3) is 0.292. The van der Waals surface area contributed by atoms with Crippen molar-refractivity contribution in [3.05, 3.63) is 76.5 Å². The van der Waals surface area contributed by atoms with Crippen molar-refractivity contribution in [1.29, 1.82) is 0 Å². The molecule has 1 spiro atoms. The molecule has 2 aromatic carbocycles. The summed E-state index contributed by atoms with van der Waals surface area (Å²) in [4.78, 5) is 11.9. The lowest BCUT2D eigenvalue weighted by Crippen LogP contribution is -2.51. The Bertz CT molecular complexity index is 1570. The molecule has 0 bridgehead atoms. The van der Waals surface area contributed by atoms with Crippen LogP contribution in [0.4, 0.5) is 5.69 Å². The maximum Gasteiger partial charge on any atom is 0.419 e. The Balaban J connectivity index is 1.31. The van der Waals surface area contributed by atoms with Crippen LogP contribution in [-0.2, 0) is 22.6 Å². The summed E-state index contributed by atoms with van der Waals surface area (Å²) in [5.41, 5.74) is 5.03. The number of rotatable bonds is 2. The number of hydrogen-bond donors (Lipinski definition) is 1. The van der Waals surface area contributed by atoms with E-state index in [1.54, 1.807) is 19.2 Å². The van der Waals surface area contributed by atoms with Gasteiger partial charge in [-0.25, -0.2) is 13.2 Å². The molecular formula is C24H24N4O4S. The molecular weight excluding hydrogens is 440 g/mol. The van der Waals surface area contributed by atoms with E-state index in [2.05, 4.69) is 47.3 Å². The summed E-state index contributed by atoms with van der Waals surface area (Å²) in [6.07, 6.45) is 3.36. The average Bonchev–Trinajstić information content (AvgIpc) is 3.40. The summed E-state index contributed by atoms with van der Waals surface area (Å²) in [6, 6.07) is 15.1. The Morgan fingerprint density at radius 3 is 2.64 bits per heavy atom. The molecule has 2 aliphatic heterocycles. The molecule has 0 unspecified atom stereocenters. The number of benzene rings is 2. The van der Waals surface area contributed by atoms with Gasteiger partial charge in [0.15, 0.2) is 5.58 Å². The van der Waals surface area contributed by atoms with Crippen LogP contribution in [0, 0.1) is 6.92 Å². The zero-order chi connectivity index (χ0) is 23.0. The van der Waals surface area contributed by atoms with Gasteiger partial charge < -0.3 is 14.3 Å². The zero-order valence-electron chi connectivity index (χ0n) is 18.4. The molecule has 0 radical (unpaired) electrons. The van der Waals surface area contributed by atoms with Crippen molar-refractivity contribution < 1.29 is 12.8 Å². The molecule has 6 rings (SSSR count). The second-order valence-corrected chi connectivity index (χ2v) is 10.9. The first kappa shape index (κ1) is 20.3. The Labute approximate surface area is 191 Å². The third-order valence-electron chi connectivity index (χ3n) is 7.00. The summed E-state index contributed by atoms with van der Waals surface area (Å²) in [6.45, 7) is 2.84. The smallest absolute Gasteiger partial charge is 0.408 e. The lowest BCUT2D eigenvalue weighted by molar-refractivity contribution is 0.247. The molecule has 4 heterocycles. The van der Waals surface area contributed by atoms with Crippen molar-refractivity contribution in [2.24, 2.45) is 7.05 Å². The Morgan fingerprint density at radius 2 is 1.85 bits per heavy atom. The number of nitrogens with zero attached hydrogens (tertiary/aromatic N) is 3. The third kappa shape index (κ3) is 2.92. The minimum atomic E-state index is -3.72. The van der Waals surface area contributed by atoms with Gasteiger partial charge in [0, 0.05) is 38.1 Å². The van der Waals surface area contributed by atoms with E-state index in [1.165, 1.54) is 20.5 Å². The van der Waals surface area contributed by atoms with Crippen LogP contribution >= 0.6 is 0 Å². The van der Waals surface area contributed by atoms with E-state index in [9.17, 15) is 13.2 Å². The van der Waals surface area contributed by atoms with Gasteiger partial charge in [0.05, 0.1) is 27.3 Å². The van der Waals surface area contributed by atoms with Gasteiger partial charge in [0.2, 0.25) is 10.0 Å². The van der Waals surface area contributed by atoms with Crippen molar-refractivity contribution in [2.45, 2.75) is 30.2 Å². The molecule has 1 saturated heterocycles. The van der Waals surface area contributed by atoms with Gasteiger partial charge >= 0.3 is 5.76 Å². The summed E-state index contributed by atoms with van der Waals surface area (Å²) >= 11 is 0. The predicted octanol–water partition coefficient (Wildman–Crippen LogP) is 3.34. The number of fused-ring (bicyclic) bond motifs is 5. The van der Waals surface area contributed by atoms with E-state index in [0.717, 1.165) is 17.1 Å². The molecule has 2 aliphatic rings. The van der Waals surface area contributed by atoms with Crippen molar-refractivity contribution in [1.82, 2.24) is 13.4 Å². The lowest BCUT2D eigenvalue weighted by atomic mass is 9.83. The molecule has 170 valence electrons. The molecule has 2 aromatic heterocycles. The van der Waals surface area contributed by atoms with Crippen LogP contribution in [0.2, 0.25) is 0 Å². The molecule has 33 heavy (non-hydrogen) atoms. The minimum absolute atomic E-state index is 0.140. The summed E-state index contributed by atoms with van der Waals surface area (Å²) in [5, 5.41) is 3.75. The molecule has 0 atom stereocenters. The highest BCUT2D eigenvalue weighted by Crippen LogP contribution is 2.44. The van der Waals surface area contributed by atoms with Gasteiger partial charge in [-0.15, -0.1) is 0 Å². The lowest BCUT2D eigenvalue weighted by Gasteiger charge is -2.46. The fourth-order valence-electron chi connectivity index (χ4n) is 5.18. The van der Waals surface area contributed by atoms with Crippen molar-refractivity contribution in [2.75, 3.05) is 18.4 Å². The second kappa shape index (κ2) is 6.85. The fourth-order valence-corrected chi connectivity index (χ4v) is 6.63. The molecule has 0 amide bonds. The Hall–Kier alpha value is -3.30. The van der Waals surface area contributed by atoms with Gasteiger partial charge in [-0.1, -0.05) is 6.07 Å². The first-order valence-corrected chi connectivity index (χ1v) is 12.4. The van der Waals surface area contributed by atoms with Crippen molar-refractivity contribution in [3.63, 3.8) is 0 Å². The molecule has 9 heteroatoms. The first-order valence-electron chi connectivity index (χ1n) is 11.0. The van der Waals surface area contributed by atoms with E-state index in [1.807, 2.05) is 6.07 Å². The van der Waals surface area contributed by atoms with Gasteiger partial charge in [0.25, 0.3) is 0 Å². The largest absolute Gasteiger partial charge is 0.419 e. The Morgan fingerprint density at radius 1 is 1.06 bits per heavy atom. The number of aryl methyl sites for hydroxylation is 2. The van der Waals surface area contributed by atoms with Crippen LogP contribution in [0.5, 0.6) is 0 Å². The quantitative estimate of drug-likeness (QED) is 0.492. The van der Waals surface area contributed by atoms with Crippen LogP contribution in [0.15, 0.2) is 68.8 Å². The van der Waals surface area contributed by atoms with Crippen LogP contribution in [0.1, 0.15) is 24.1 Å². The third-order valence-corrected chi connectivity index (χ3v) is 8.90. The SMILES string of the molecule is Cc1ccc2c(c1)NC1(CCN(S(=O)(=O)c3ccc4c(c3)oc(=O)n4C)CC1)c1cccn1-2. The summed E-state index contributed by atoms with van der Waals surface area (Å²) < 4.78 is 37.1. The monoisotopic (exact) mass is 464 g/mol. The highest BCUT2D eigenvalue weighted by molar-refractivity contribution is 7.89. The van der Waals surface area contributed by atoms with E-state index < -0.39 is 15.8 Å². The molecule has 0 saturated carbocycles. The van der Waals surface area contributed by atoms with Gasteiger partial charge in [0.1, 0.15) is 0 Å². The molecule has 0 aliphatic carbocycles. The first-order chi connectivity index (χ1) is 15.8. The van der Waals surface area contributed by atoms with E-state index in [0.29, 0.717) is 31.4 Å². The molecule has 1 N–H and O–H groups in total. The number of anilines is 1. The minimum Gasteiger partial charge on any atom is -0.408 e. The topological polar surface area (TPSA) is 89.5 Å². The van der Waals surface area contributed by atoms with Crippen molar-refractivity contribution >= 4 is 26.8 Å². The van der Waals surface area contributed by atoms with E-state index >= 15 is 0 Å². The number of aromatic nitrogens is 2. The van der Waals surface area contributed by atoms with Gasteiger partial charge in [-0.05, 0) is 61.7 Å². The average molecular weight is 465 g/mol. The van der Waals surface area contributed by atoms with E-state index in [4.69, 9.17) is 4.42 Å². The molecule has 8 nitrogen and oxygen atoms in total. The summed E-state index contributed by atoms with van der Waals surface area (Å²) in [5.74, 6) is -0.513. The second-order valence-electron chi connectivity index (χ2n) is 8.95. The highest BCUT2D eigenvalue weighted by atomic mass is 32.2. The van der Waals surface area contributed by atoms with Gasteiger partial charge in [-0.2, -0.15) is 4.31 Å². The highest BCUT2D eigenvalue weighted by Gasteiger charge is 2.44. The Kier molecular flexibility index (Phi) is 4.22. The summed E-state index contributed by atoms with van der Waals surface area (Å²) in [7, 11) is -2.12.